The number of benzene rings is 2. The highest BCUT2D eigenvalue weighted by Crippen LogP contribution is 2.46. The third kappa shape index (κ3) is 5.25. The van der Waals surface area contributed by atoms with E-state index >= 15 is 4.39 Å². The molecule has 2 aromatic heterocycles. The number of rotatable bonds is 7. The Hall–Kier alpha value is -4.00. The maximum atomic E-state index is 16.6. The number of aromatic hydroxyl groups is 1. The largest absolute Gasteiger partial charge is 0.508 e. The SMILES string of the molecule is C#Cc1cccc2cc(O)cc(-c3ncc4c(N5CCC[C@@](C)(O)C5)nc(OCC5(CN(C)C)CC5)nc4c3F)c12. The maximum Gasteiger partial charge on any atom is 0.319 e. The Labute approximate surface area is 238 Å². The van der Waals surface area contributed by atoms with Gasteiger partial charge in [-0.1, -0.05) is 18.1 Å². The van der Waals surface area contributed by atoms with Crippen LogP contribution < -0.4 is 9.64 Å². The van der Waals surface area contributed by atoms with Crippen LogP contribution in [0.15, 0.2) is 36.5 Å². The van der Waals surface area contributed by atoms with E-state index in [0.29, 0.717) is 59.2 Å². The van der Waals surface area contributed by atoms with Crippen LogP contribution in [-0.4, -0.2) is 76.0 Å². The van der Waals surface area contributed by atoms with Crippen molar-refractivity contribution in [1.82, 2.24) is 19.9 Å². The molecule has 1 saturated heterocycles. The van der Waals surface area contributed by atoms with Crippen LogP contribution in [0.3, 0.4) is 0 Å². The molecule has 2 aromatic carbocycles. The number of aliphatic hydroxyl groups is 1. The number of hydrogen-bond acceptors (Lipinski definition) is 8. The molecule has 1 aliphatic heterocycles. The van der Waals surface area contributed by atoms with Gasteiger partial charge < -0.3 is 24.7 Å². The number of phenols is 1. The van der Waals surface area contributed by atoms with Crippen molar-refractivity contribution in [2.24, 2.45) is 5.41 Å². The average molecular weight is 556 g/mol. The second kappa shape index (κ2) is 10.1. The summed E-state index contributed by atoms with van der Waals surface area (Å²) < 4.78 is 22.7. The molecular formula is C32H34FN5O3. The molecular weight excluding hydrogens is 521 g/mol. The minimum absolute atomic E-state index is 0.0219. The van der Waals surface area contributed by atoms with Crippen LogP contribution in [0.25, 0.3) is 32.9 Å². The van der Waals surface area contributed by atoms with E-state index in [1.807, 2.05) is 25.1 Å². The molecule has 0 bridgehead atoms. The quantitative estimate of drug-likeness (QED) is 0.316. The molecule has 2 N–H and O–H groups in total. The highest BCUT2D eigenvalue weighted by Gasteiger charge is 2.44. The summed E-state index contributed by atoms with van der Waals surface area (Å²) in [6.07, 6.45) is 10.9. The van der Waals surface area contributed by atoms with Crippen molar-refractivity contribution in [2.45, 2.75) is 38.2 Å². The lowest BCUT2D eigenvalue weighted by atomic mass is 9.95. The van der Waals surface area contributed by atoms with Gasteiger partial charge in [0.05, 0.1) is 17.6 Å². The Morgan fingerprint density at radius 3 is 2.71 bits per heavy atom. The monoisotopic (exact) mass is 555 g/mol. The molecule has 6 rings (SSSR count). The number of phenolic OH excluding ortho intramolecular Hbond substituents is 1. The zero-order valence-electron chi connectivity index (χ0n) is 23.6. The average Bonchev–Trinajstić information content (AvgIpc) is 3.69. The standard InChI is InChI=1S/C32H34FN5O3/c1-5-20-8-6-9-21-14-22(39)15-23(25(20)21)27-26(33)28-24(16-34-27)29(38-13-7-10-31(2,40)17-38)36-30(35-28)41-19-32(11-12-32)18-37(3)4/h1,6,8-9,14-16,39-40H,7,10-13,17-19H2,2-4H3/t31-/m1/s1. The number of hydrogen-bond donors (Lipinski definition) is 2. The Balaban J connectivity index is 1.51. The molecule has 2 fully saturated rings. The Morgan fingerprint density at radius 2 is 2.00 bits per heavy atom. The second-order valence-electron chi connectivity index (χ2n) is 12.1. The van der Waals surface area contributed by atoms with Crippen LogP contribution in [-0.2, 0) is 0 Å². The van der Waals surface area contributed by atoms with E-state index in [9.17, 15) is 10.2 Å². The molecule has 3 heterocycles. The topological polar surface area (TPSA) is 94.8 Å². The van der Waals surface area contributed by atoms with Gasteiger partial charge in [-0.05, 0) is 70.3 Å². The molecule has 0 amide bonds. The molecule has 212 valence electrons. The van der Waals surface area contributed by atoms with E-state index in [-0.39, 0.29) is 28.4 Å². The van der Waals surface area contributed by atoms with Crippen molar-refractivity contribution in [3.63, 3.8) is 0 Å². The van der Waals surface area contributed by atoms with Crippen LogP contribution in [0.4, 0.5) is 10.2 Å². The predicted octanol–water partition coefficient (Wildman–Crippen LogP) is 4.74. The number of nitrogens with zero attached hydrogens (tertiary/aromatic N) is 5. The van der Waals surface area contributed by atoms with Gasteiger partial charge in [0.2, 0.25) is 0 Å². The summed E-state index contributed by atoms with van der Waals surface area (Å²) in [5.74, 6) is 2.46. The minimum Gasteiger partial charge on any atom is -0.508 e. The normalized spacial score (nSPS) is 20.0. The van der Waals surface area contributed by atoms with Gasteiger partial charge in [0.25, 0.3) is 0 Å². The molecule has 1 saturated carbocycles. The Morgan fingerprint density at radius 1 is 1.20 bits per heavy atom. The van der Waals surface area contributed by atoms with E-state index in [2.05, 4.69) is 20.8 Å². The summed E-state index contributed by atoms with van der Waals surface area (Å²) in [6.45, 7) is 4.10. The highest BCUT2D eigenvalue weighted by molar-refractivity contribution is 6.02. The summed E-state index contributed by atoms with van der Waals surface area (Å²) in [6, 6.07) is 8.54. The Kier molecular flexibility index (Phi) is 6.71. The van der Waals surface area contributed by atoms with Gasteiger partial charge in [0.15, 0.2) is 5.82 Å². The molecule has 2 aliphatic rings. The van der Waals surface area contributed by atoms with Gasteiger partial charge in [-0.3, -0.25) is 4.98 Å². The fourth-order valence-corrected chi connectivity index (χ4v) is 6.05. The molecule has 1 atom stereocenters. The number of halogens is 1. The summed E-state index contributed by atoms with van der Waals surface area (Å²) in [5.41, 5.74) is 0.154. The number of anilines is 1. The third-order valence-corrected chi connectivity index (χ3v) is 8.11. The Bertz CT molecular complexity index is 1690. The van der Waals surface area contributed by atoms with Crippen molar-refractivity contribution in [2.75, 3.05) is 45.2 Å². The van der Waals surface area contributed by atoms with E-state index in [1.165, 1.54) is 6.07 Å². The lowest BCUT2D eigenvalue weighted by Gasteiger charge is -2.37. The number of piperidine rings is 1. The van der Waals surface area contributed by atoms with E-state index in [1.54, 1.807) is 31.3 Å². The molecule has 0 unspecified atom stereocenters. The second-order valence-corrected chi connectivity index (χ2v) is 12.1. The fraction of sp³-hybridized carbons (Fsp3) is 0.406. The molecule has 1 aliphatic carbocycles. The van der Waals surface area contributed by atoms with Crippen molar-refractivity contribution in [3.05, 3.63) is 47.9 Å². The number of β-amino-alcohol motifs (C(OH)–C–C–N with tert-alkyl or cyclic N) is 1. The minimum atomic E-state index is -0.904. The smallest absolute Gasteiger partial charge is 0.319 e. The highest BCUT2D eigenvalue weighted by atomic mass is 19.1. The first-order chi connectivity index (χ1) is 19.6. The number of terminal acetylenes is 1. The lowest BCUT2D eigenvalue weighted by molar-refractivity contribution is 0.0447. The first-order valence-corrected chi connectivity index (χ1v) is 13.9. The van der Waals surface area contributed by atoms with Crippen LogP contribution >= 0.6 is 0 Å². The number of aromatic nitrogens is 3. The summed E-state index contributed by atoms with van der Waals surface area (Å²) >= 11 is 0. The van der Waals surface area contributed by atoms with Crippen LogP contribution in [0.2, 0.25) is 0 Å². The van der Waals surface area contributed by atoms with Gasteiger partial charge in [-0.2, -0.15) is 9.97 Å². The van der Waals surface area contributed by atoms with Gasteiger partial charge in [-0.15, -0.1) is 6.42 Å². The van der Waals surface area contributed by atoms with E-state index in [0.717, 1.165) is 25.8 Å². The van der Waals surface area contributed by atoms with Crippen molar-refractivity contribution in [3.8, 4) is 35.4 Å². The molecule has 41 heavy (non-hydrogen) atoms. The summed E-state index contributed by atoms with van der Waals surface area (Å²) in [5, 5.41) is 23.0. The van der Waals surface area contributed by atoms with Gasteiger partial charge in [0.1, 0.15) is 22.8 Å². The van der Waals surface area contributed by atoms with Crippen LogP contribution in [0.5, 0.6) is 11.8 Å². The lowest BCUT2D eigenvalue weighted by Crippen LogP contribution is -2.46. The number of pyridine rings is 1. The summed E-state index contributed by atoms with van der Waals surface area (Å²) in [4.78, 5) is 17.9. The number of ether oxygens (including phenoxy) is 1. The first-order valence-electron chi connectivity index (χ1n) is 13.9. The van der Waals surface area contributed by atoms with Gasteiger partial charge in [-0.25, -0.2) is 4.39 Å². The van der Waals surface area contributed by atoms with E-state index in [4.69, 9.17) is 16.1 Å². The van der Waals surface area contributed by atoms with Crippen LogP contribution in [0.1, 0.15) is 38.2 Å². The maximum absolute atomic E-state index is 16.6. The molecule has 0 radical (unpaired) electrons. The zero-order valence-corrected chi connectivity index (χ0v) is 23.6. The molecule has 8 nitrogen and oxygen atoms in total. The first kappa shape index (κ1) is 27.2. The molecule has 4 aromatic rings. The predicted molar refractivity (Wildman–Crippen MR) is 158 cm³/mol. The molecule has 9 heteroatoms. The third-order valence-electron chi connectivity index (χ3n) is 8.11. The van der Waals surface area contributed by atoms with Gasteiger partial charge >= 0.3 is 6.01 Å². The summed E-state index contributed by atoms with van der Waals surface area (Å²) in [7, 11) is 4.07. The zero-order chi connectivity index (χ0) is 28.9. The number of fused-ring (bicyclic) bond motifs is 2. The van der Waals surface area contributed by atoms with Crippen molar-refractivity contribution in [1.29, 1.82) is 0 Å². The molecule has 0 spiro atoms. The van der Waals surface area contributed by atoms with Crippen molar-refractivity contribution < 1.29 is 19.3 Å². The van der Waals surface area contributed by atoms with E-state index < -0.39 is 11.4 Å². The fourth-order valence-electron chi connectivity index (χ4n) is 6.05. The van der Waals surface area contributed by atoms with Crippen molar-refractivity contribution >= 4 is 27.5 Å². The van der Waals surface area contributed by atoms with Gasteiger partial charge in [0, 0.05) is 47.8 Å². The van der Waals surface area contributed by atoms with Crippen LogP contribution in [0, 0.1) is 23.6 Å².